The van der Waals surface area contributed by atoms with Gasteiger partial charge in [0.15, 0.2) is 0 Å². The van der Waals surface area contributed by atoms with Crippen molar-refractivity contribution in [2.75, 3.05) is 12.3 Å². The average Bonchev–Trinajstić information content (AvgIpc) is 2.20. The van der Waals surface area contributed by atoms with Crippen LogP contribution >= 0.6 is 11.6 Å². The standard InChI is InChI=1S/C11H12ClNO2/c1-2-15-11(14)6-3-8-7-9(13)4-5-10(8)12/h3-7H,2,13H2,1H3. The summed E-state index contributed by atoms with van der Waals surface area (Å²) in [6, 6.07) is 5.07. The zero-order valence-corrected chi connectivity index (χ0v) is 9.12. The molecule has 0 atom stereocenters. The topological polar surface area (TPSA) is 52.3 Å². The summed E-state index contributed by atoms with van der Waals surface area (Å²) in [7, 11) is 0. The maximum atomic E-state index is 11.0. The van der Waals surface area contributed by atoms with Gasteiger partial charge in [0.2, 0.25) is 0 Å². The lowest BCUT2D eigenvalue weighted by Gasteiger charge is -2.00. The minimum Gasteiger partial charge on any atom is -0.463 e. The SMILES string of the molecule is CCOC(=O)C=Cc1cc(N)ccc1Cl. The minimum atomic E-state index is -0.393. The van der Waals surface area contributed by atoms with E-state index in [0.29, 0.717) is 22.9 Å². The molecule has 0 heterocycles. The van der Waals surface area contributed by atoms with E-state index in [2.05, 4.69) is 0 Å². The Bertz CT molecular complexity index is 388. The molecular formula is C11H12ClNO2. The van der Waals surface area contributed by atoms with Crippen molar-refractivity contribution in [3.8, 4) is 0 Å². The fourth-order valence-electron chi connectivity index (χ4n) is 1.04. The molecule has 0 unspecified atom stereocenters. The molecule has 0 bridgehead atoms. The van der Waals surface area contributed by atoms with E-state index in [4.69, 9.17) is 22.1 Å². The van der Waals surface area contributed by atoms with Crippen molar-refractivity contribution in [1.82, 2.24) is 0 Å². The Labute approximate surface area is 93.5 Å². The van der Waals surface area contributed by atoms with Crippen molar-refractivity contribution in [1.29, 1.82) is 0 Å². The monoisotopic (exact) mass is 225 g/mol. The van der Waals surface area contributed by atoms with Crippen molar-refractivity contribution in [2.45, 2.75) is 6.92 Å². The summed E-state index contributed by atoms with van der Waals surface area (Å²) >= 11 is 5.90. The fraction of sp³-hybridized carbons (Fsp3) is 0.182. The van der Waals surface area contributed by atoms with E-state index in [9.17, 15) is 4.79 Å². The van der Waals surface area contributed by atoms with Gasteiger partial charge in [-0.25, -0.2) is 4.79 Å². The largest absolute Gasteiger partial charge is 0.463 e. The molecule has 0 radical (unpaired) electrons. The third-order valence-electron chi connectivity index (χ3n) is 1.71. The molecule has 0 aliphatic heterocycles. The molecule has 80 valence electrons. The molecule has 0 fully saturated rings. The Morgan fingerprint density at radius 2 is 2.33 bits per heavy atom. The maximum absolute atomic E-state index is 11.0. The van der Waals surface area contributed by atoms with Crippen LogP contribution in [-0.2, 0) is 9.53 Å². The van der Waals surface area contributed by atoms with Crippen LogP contribution in [0.1, 0.15) is 12.5 Å². The van der Waals surface area contributed by atoms with Crippen LogP contribution in [0.3, 0.4) is 0 Å². The quantitative estimate of drug-likeness (QED) is 0.489. The number of ether oxygens (including phenoxy) is 1. The van der Waals surface area contributed by atoms with Gasteiger partial charge in [0.05, 0.1) is 6.61 Å². The zero-order chi connectivity index (χ0) is 11.3. The summed E-state index contributed by atoms with van der Waals surface area (Å²) < 4.78 is 4.73. The summed E-state index contributed by atoms with van der Waals surface area (Å²) in [5.41, 5.74) is 6.88. The van der Waals surface area contributed by atoms with Crippen LogP contribution < -0.4 is 5.73 Å². The number of nitrogen functional groups attached to an aromatic ring is 1. The molecule has 0 aliphatic rings. The molecule has 0 saturated heterocycles. The third-order valence-corrected chi connectivity index (χ3v) is 2.05. The average molecular weight is 226 g/mol. The zero-order valence-electron chi connectivity index (χ0n) is 8.37. The van der Waals surface area contributed by atoms with Crippen LogP contribution in [-0.4, -0.2) is 12.6 Å². The number of halogens is 1. The van der Waals surface area contributed by atoms with Gasteiger partial charge in [-0.2, -0.15) is 0 Å². The molecule has 1 aromatic rings. The highest BCUT2D eigenvalue weighted by Crippen LogP contribution is 2.20. The van der Waals surface area contributed by atoms with Crippen molar-refractivity contribution in [3.63, 3.8) is 0 Å². The number of hydrogen-bond acceptors (Lipinski definition) is 3. The van der Waals surface area contributed by atoms with Crippen LogP contribution in [0.2, 0.25) is 5.02 Å². The molecule has 15 heavy (non-hydrogen) atoms. The number of benzene rings is 1. The highest BCUT2D eigenvalue weighted by molar-refractivity contribution is 6.32. The van der Waals surface area contributed by atoms with Gasteiger partial charge in [-0.1, -0.05) is 11.6 Å². The Morgan fingerprint density at radius 3 is 3.00 bits per heavy atom. The lowest BCUT2D eigenvalue weighted by molar-refractivity contribution is -0.137. The fourth-order valence-corrected chi connectivity index (χ4v) is 1.22. The molecule has 0 saturated carbocycles. The summed E-state index contributed by atoms with van der Waals surface area (Å²) in [6.07, 6.45) is 2.90. The van der Waals surface area contributed by atoms with Gasteiger partial charge in [-0.05, 0) is 36.8 Å². The molecule has 1 rings (SSSR count). The molecule has 2 N–H and O–H groups in total. The molecule has 1 aromatic carbocycles. The van der Waals surface area contributed by atoms with Crippen LogP contribution in [0.25, 0.3) is 6.08 Å². The first-order valence-electron chi connectivity index (χ1n) is 4.53. The van der Waals surface area contributed by atoms with Gasteiger partial charge in [0, 0.05) is 16.8 Å². The molecule has 4 heteroatoms. The number of nitrogens with two attached hydrogens (primary N) is 1. The molecule has 0 amide bonds. The highest BCUT2D eigenvalue weighted by atomic mass is 35.5. The summed E-state index contributed by atoms with van der Waals surface area (Å²) in [4.78, 5) is 11.0. The molecular weight excluding hydrogens is 214 g/mol. The van der Waals surface area contributed by atoms with E-state index in [-0.39, 0.29) is 0 Å². The van der Waals surface area contributed by atoms with Crippen LogP contribution in [0.5, 0.6) is 0 Å². The van der Waals surface area contributed by atoms with Gasteiger partial charge in [-0.15, -0.1) is 0 Å². The molecule has 0 aromatic heterocycles. The number of hydrogen-bond donors (Lipinski definition) is 1. The van der Waals surface area contributed by atoms with Crippen molar-refractivity contribution in [2.24, 2.45) is 0 Å². The van der Waals surface area contributed by atoms with Crippen molar-refractivity contribution in [3.05, 3.63) is 34.9 Å². The molecule has 0 spiro atoms. The first-order chi connectivity index (χ1) is 7.13. The Balaban J connectivity index is 2.79. The number of esters is 1. The summed E-state index contributed by atoms with van der Waals surface area (Å²) in [6.45, 7) is 2.10. The Kier molecular flexibility index (Phi) is 4.18. The van der Waals surface area contributed by atoms with Gasteiger partial charge in [-0.3, -0.25) is 0 Å². The van der Waals surface area contributed by atoms with Crippen LogP contribution in [0.15, 0.2) is 24.3 Å². The maximum Gasteiger partial charge on any atom is 0.330 e. The number of anilines is 1. The Hall–Kier alpha value is -1.48. The predicted molar refractivity (Wildman–Crippen MR) is 61.5 cm³/mol. The normalized spacial score (nSPS) is 10.5. The van der Waals surface area contributed by atoms with Crippen LogP contribution in [0.4, 0.5) is 5.69 Å². The van der Waals surface area contributed by atoms with E-state index in [0.717, 1.165) is 0 Å². The number of carbonyl (C=O) groups excluding carboxylic acids is 1. The highest BCUT2D eigenvalue weighted by Gasteiger charge is 1.98. The van der Waals surface area contributed by atoms with Gasteiger partial charge in [0.25, 0.3) is 0 Å². The molecule has 0 aliphatic carbocycles. The lowest BCUT2D eigenvalue weighted by atomic mass is 10.2. The van der Waals surface area contributed by atoms with E-state index in [1.807, 2.05) is 0 Å². The van der Waals surface area contributed by atoms with E-state index >= 15 is 0 Å². The predicted octanol–water partition coefficient (Wildman–Crippen LogP) is 2.50. The van der Waals surface area contributed by atoms with Gasteiger partial charge in [0.1, 0.15) is 0 Å². The Morgan fingerprint density at radius 1 is 1.60 bits per heavy atom. The van der Waals surface area contributed by atoms with E-state index in [1.165, 1.54) is 6.08 Å². The lowest BCUT2D eigenvalue weighted by Crippen LogP contribution is -1.98. The summed E-state index contributed by atoms with van der Waals surface area (Å²) in [5, 5.41) is 0.546. The second-order valence-electron chi connectivity index (χ2n) is 2.87. The number of carbonyl (C=O) groups is 1. The van der Waals surface area contributed by atoms with Gasteiger partial charge >= 0.3 is 5.97 Å². The van der Waals surface area contributed by atoms with Crippen LogP contribution in [0, 0.1) is 0 Å². The summed E-state index contributed by atoms with van der Waals surface area (Å²) in [5.74, 6) is -0.393. The van der Waals surface area contributed by atoms with Crippen molar-refractivity contribution < 1.29 is 9.53 Å². The first kappa shape index (κ1) is 11.6. The second kappa shape index (κ2) is 5.41. The van der Waals surface area contributed by atoms with E-state index < -0.39 is 5.97 Å². The van der Waals surface area contributed by atoms with Crippen molar-refractivity contribution >= 4 is 29.3 Å². The first-order valence-corrected chi connectivity index (χ1v) is 4.91. The number of rotatable bonds is 3. The third kappa shape index (κ3) is 3.64. The van der Waals surface area contributed by atoms with Gasteiger partial charge < -0.3 is 10.5 Å². The molecule has 3 nitrogen and oxygen atoms in total. The minimum absolute atomic E-state index is 0.355. The van der Waals surface area contributed by atoms with E-state index in [1.54, 1.807) is 31.2 Å². The second-order valence-corrected chi connectivity index (χ2v) is 3.27. The smallest absolute Gasteiger partial charge is 0.330 e.